The quantitative estimate of drug-likeness (QED) is 0.0216. The Kier molecular flexibility index (Phi) is 36.6. The minimum atomic E-state index is -1.70. The number of hydrogen-bond acceptors (Lipinski definition) is 13. The molecule has 6 heterocycles. The molecule has 24 heteroatoms. The normalized spacial score (nSPS) is 10.5. The van der Waals surface area contributed by atoms with E-state index in [2.05, 4.69) is 207 Å². The van der Waals surface area contributed by atoms with Crippen molar-refractivity contribution in [3.63, 3.8) is 0 Å². The van der Waals surface area contributed by atoms with Crippen molar-refractivity contribution in [1.82, 2.24) is 49.1 Å². The van der Waals surface area contributed by atoms with Gasteiger partial charge in [-0.3, -0.25) is 4.84 Å². The fourth-order valence-electron chi connectivity index (χ4n) is 4.66. The summed E-state index contributed by atoms with van der Waals surface area (Å²) in [5.74, 6) is 2.44. The topological polar surface area (TPSA) is 162 Å². The van der Waals surface area contributed by atoms with Crippen LogP contribution in [0.15, 0.2) is 74.8 Å². The van der Waals surface area contributed by atoms with Gasteiger partial charge in [-0.05, 0) is 30.2 Å². The van der Waals surface area contributed by atoms with Crippen LogP contribution in [-0.2, 0) is 30.8 Å². The van der Waals surface area contributed by atoms with Gasteiger partial charge in [-0.15, -0.1) is 32.1 Å². The largest absolute Gasteiger partial charge is 0.380 e. The first-order valence-corrected chi connectivity index (χ1v) is 29.2. The lowest BCUT2D eigenvalue weighted by Gasteiger charge is -2.37. The van der Waals surface area contributed by atoms with E-state index in [1.165, 1.54) is 4.43 Å². The summed E-state index contributed by atoms with van der Waals surface area (Å²) in [7, 11) is 10.8. The monoisotopic (exact) mass is 1480 g/mol. The van der Waals surface area contributed by atoms with Crippen LogP contribution in [0.25, 0.3) is 33.1 Å². The number of aromatic nitrogens is 9. The molecule has 0 saturated heterocycles. The van der Waals surface area contributed by atoms with Crippen LogP contribution in [0.5, 0.6) is 0 Å². The molecule has 6 aromatic rings. The summed E-state index contributed by atoms with van der Waals surface area (Å²) in [6.07, 6.45) is 11.2. The Balaban J connectivity index is -0.000000819. The first kappa shape index (κ1) is 71.4. The smallest absolute Gasteiger partial charge is 0.227 e. The second kappa shape index (κ2) is 35.3. The number of hydrogen-bond donors (Lipinski definition) is 4. The minimum absolute atomic E-state index is 0. The summed E-state index contributed by atoms with van der Waals surface area (Å²) in [6, 6.07) is 5.81. The zero-order valence-electron chi connectivity index (χ0n) is 40.6. The molecule has 0 fully saturated rings. The molecule has 0 aliphatic rings. The first-order chi connectivity index (χ1) is 30.9. The highest BCUT2D eigenvalue weighted by Crippen LogP contribution is 2.36. The van der Waals surface area contributed by atoms with Gasteiger partial charge in [0.05, 0.1) is 31.8 Å². The van der Waals surface area contributed by atoms with E-state index in [1.807, 2.05) is 84.8 Å². The Bertz CT molecular complexity index is 2420. The van der Waals surface area contributed by atoms with E-state index in [0.29, 0.717) is 42.7 Å². The third-order valence-electron chi connectivity index (χ3n) is 9.29. The van der Waals surface area contributed by atoms with Crippen molar-refractivity contribution < 1.29 is 9.68 Å². The second-order valence-electron chi connectivity index (χ2n) is 15.6. The Hall–Kier alpha value is -1.83. The number of nitrogens with zero attached hydrogens (tertiary/aromatic N) is 10. The van der Waals surface area contributed by atoms with E-state index in [4.69, 9.17) is 28.0 Å². The fraction of sp³-hybridized carbons (Fsp3) is 0.467. The van der Waals surface area contributed by atoms with E-state index < -0.39 is 8.24 Å². The van der Waals surface area contributed by atoms with E-state index in [0.717, 1.165) is 43.3 Å². The van der Waals surface area contributed by atoms with Crippen LogP contribution in [0.2, 0.25) is 28.4 Å². The van der Waals surface area contributed by atoms with Crippen LogP contribution >= 0.6 is 126 Å². The van der Waals surface area contributed by atoms with Gasteiger partial charge in [-0.1, -0.05) is 181 Å². The molecule has 16 nitrogen and oxygen atoms in total. The summed E-state index contributed by atoms with van der Waals surface area (Å²) in [5.41, 5.74) is 4.97. The van der Waals surface area contributed by atoms with Crippen LogP contribution in [0.3, 0.4) is 0 Å². The van der Waals surface area contributed by atoms with Crippen LogP contribution < -0.4 is 26.2 Å². The van der Waals surface area contributed by atoms with Gasteiger partial charge < -0.3 is 34.2 Å². The number of rotatable bonds is 13. The van der Waals surface area contributed by atoms with Crippen molar-refractivity contribution in [3.8, 4) is 0 Å². The Labute approximate surface area is 483 Å². The van der Waals surface area contributed by atoms with Crippen molar-refractivity contribution in [2.24, 2.45) is 21.1 Å². The first-order valence-electron chi connectivity index (χ1n) is 20.3. The Morgan fingerprint density at radius 2 is 1.06 bits per heavy atom. The highest BCUT2D eigenvalue weighted by atomic mass is 127. The Morgan fingerprint density at radius 3 is 1.39 bits per heavy atom. The number of halogens is 7. The van der Waals surface area contributed by atoms with Gasteiger partial charge in [0.1, 0.15) is 27.2 Å². The van der Waals surface area contributed by atoms with E-state index in [-0.39, 0.29) is 32.3 Å². The van der Waals surface area contributed by atoms with E-state index in [9.17, 15) is 0 Å². The van der Waals surface area contributed by atoms with Gasteiger partial charge >= 0.3 is 0 Å². The molecule has 0 aliphatic carbocycles. The molecular weight excluding hydrogens is 1410 g/mol. The molecule has 390 valence electrons. The molecule has 6 rings (SSSR count). The van der Waals surface area contributed by atoms with Crippen molar-refractivity contribution in [1.29, 1.82) is 0 Å². The van der Waals surface area contributed by atoms with Crippen LogP contribution in [0, 0.1) is 0 Å². The van der Waals surface area contributed by atoms with Gasteiger partial charge in [-0.2, -0.15) is 19.9 Å². The maximum absolute atomic E-state index is 6.23. The third kappa shape index (κ3) is 24.2. The van der Waals surface area contributed by atoms with E-state index in [1.54, 1.807) is 38.5 Å². The standard InChI is InChI=1S/C13H21ClN4Si.C12H17N5O.C10H11ClN4.C3H5I3.C3H5I.C2H7NO.2CH4.ClH/c1-13(2,3)19(5,6)17-12-15-10(14)9-7-8-18(4)11(9)16-12;1-5-7-13-12-14-10-9(6-8-16(10)2)11(15-12)17(3)18-4;1-3-5-12-10-13-8(11)7-4-6-15(2)9(7)14-10;1-3(5,6)2-4;1-2-3-4;1-3-4-2;;;/h7-8H,1-6H3,(H,15,16,17);5-6,8H,1,7H2,2-4H3,(H,13,14,15);3-4,6H,1,5H2,2H3,(H,12,13,14);2H2,1H3;2H,1,3H2;3H,1-2H3;2*1H4;1H. The van der Waals surface area contributed by atoms with Gasteiger partial charge in [0.25, 0.3) is 0 Å². The molecule has 0 amide bonds. The molecule has 0 atom stereocenters. The summed E-state index contributed by atoms with van der Waals surface area (Å²) in [4.78, 5) is 39.4. The predicted octanol–water partition coefficient (Wildman–Crippen LogP) is 13.9. The van der Waals surface area contributed by atoms with Crippen molar-refractivity contribution >= 4 is 191 Å². The number of alkyl halides is 4. The molecule has 0 bridgehead atoms. The zero-order chi connectivity index (χ0) is 50.4. The number of anilines is 4. The van der Waals surface area contributed by atoms with Gasteiger partial charge in [0.2, 0.25) is 17.8 Å². The van der Waals surface area contributed by atoms with Crippen molar-refractivity contribution in [3.05, 3.63) is 85.1 Å². The van der Waals surface area contributed by atoms with Crippen LogP contribution in [-0.4, -0.2) is 104 Å². The van der Waals surface area contributed by atoms with Gasteiger partial charge in [0, 0.05) is 75.8 Å². The molecule has 0 aromatic carbocycles. The molecule has 4 N–H and O–H groups in total. The van der Waals surface area contributed by atoms with Gasteiger partial charge in [0.15, 0.2) is 14.1 Å². The highest BCUT2D eigenvalue weighted by Gasteiger charge is 2.36. The summed E-state index contributed by atoms with van der Waals surface area (Å²) in [5, 5.41) is 11.6. The molecule has 0 radical (unpaired) electrons. The maximum Gasteiger partial charge on any atom is 0.227 e. The van der Waals surface area contributed by atoms with Crippen LogP contribution in [0.4, 0.5) is 23.7 Å². The predicted molar refractivity (Wildman–Crippen MR) is 340 cm³/mol. The van der Waals surface area contributed by atoms with E-state index >= 15 is 0 Å². The van der Waals surface area contributed by atoms with Crippen LogP contribution in [0.1, 0.15) is 42.5 Å². The minimum Gasteiger partial charge on any atom is -0.380 e. The summed E-state index contributed by atoms with van der Waals surface area (Å²) >= 11 is 21.7. The molecule has 0 saturated carbocycles. The summed E-state index contributed by atoms with van der Waals surface area (Å²) < 4.78 is 8.55. The summed E-state index contributed by atoms with van der Waals surface area (Å²) in [6.45, 7) is 25.5. The average molecular weight is 1490 g/mol. The number of allylic oxidation sites excluding steroid dienone is 1. The molecular formula is C45H75Cl3I4N14O2Si. The highest BCUT2D eigenvalue weighted by molar-refractivity contribution is 14.2. The fourth-order valence-corrected chi connectivity index (χ4v) is 6.16. The lowest BCUT2D eigenvalue weighted by Crippen LogP contribution is -2.46. The van der Waals surface area contributed by atoms with Gasteiger partial charge in [-0.25, -0.2) is 20.5 Å². The Morgan fingerprint density at radius 1 is 0.710 bits per heavy atom. The molecule has 69 heavy (non-hydrogen) atoms. The SMILES string of the molecule is C.C.C=CCI.C=CCNc1nc(Cl)c2ccn(C)c2n1.C=CCNc1nc(N(C)OC)c2ccn(C)c2n1.CC(I)(I)CI.CNOC.Cl.Cn1ccc2c(Cl)nc(N[Si](C)(C)C(C)(C)C)nc21. The number of fused-ring (bicyclic) bond motifs is 3. The molecule has 0 spiro atoms. The average Bonchev–Trinajstić information content (AvgIpc) is 3.97. The number of nitrogens with one attached hydrogen (secondary N) is 4. The molecule has 0 unspecified atom stereocenters. The lowest BCUT2D eigenvalue weighted by molar-refractivity contribution is 0.112. The maximum atomic E-state index is 6.23. The zero-order valence-corrected chi connectivity index (χ0v) is 52.6. The third-order valence-corrected chi connectivity index (χ3v) is 20.3. The lowest BCUT2D eigenvalue weighted by atomic mass is 10.2. The second-order valence-corrected chi connectivity index (χ2v) is 29.8. The molecule has 6 aromatic heterocycles. The molecule has 0 aliphatic heterocycles. The van der Waals surface area contributed by atoms with Crippen molar-refractivity contribution in [2.45, 2.75) is 62.1 Å². The van der Waals surface area contributed by atoms with Crippen molar-refractivity contribution in [2.75, 3.05) is 70.9 Å². The number of aryl methyl sites for hydroxylation is 3. The number of hydroxylamine groups is 2.